The molecule has 2 heterocycles. The van der Waals surface area contributed by atoms with Gasteiger partial charge in [0.15, 0.2) is 0 Å². The number of thiophene rings is 1. The predicted octanol–water partition coefficient (Wildman–Crippen LogP) is 1.82. The van der Waals surface area contributed by atoms with Crippen LogP contribution in [0.4, 0.5) is 0 Å². The summed E-state index contributed by atoms with van der Waals surface area (Å²) in [5, 5.41) is 4.95. The van der Waals surface area contributed by atoms with Gasteiger partial charge in [-0.25, -0.2) is 0 Å². The summed E-state index contributed by atoms with van der Waals surface area (Å²) < 4.78 is 0. The molecule has 0 radical (unpaired) electrons. The molecule has 0 aromatic carbocycles. The van der Waals surface area contributed by atoms with Crippen LogP contribution in [0.1, 0.15) is 23.0 Å². The van der Waals surface area contributed by atoms with Gasteiger partial charge in [-0.15, -0.1) is 11.3 Å². The Hall–Kier alpha value is -0.870. The van der Waals surface area contributed by atoms with Crippen molar-refractivity contribution in [1.82, 2.24) is 10.2 Å². The molecule has 3 nitrogen and oxygen atoms in total. The molecule has 88 valence electrons. The number of rotatable bonds is 4. The van der Waals surface area contributed by atoms with Gasteiger partial charge in [0, 0.05) is 13.1 Å². The van der Waals surface area contributed by atoms with Crippen LogP contribution in [0.25, 0.3) is 0 Å². The average Bonchev–Trinajstić information content (AvgIpc) is 2.96. The Morgan fingerprint density at radius 2 is 2.56 bits per heavy atom. The summed E-state index contributed by atoms with van der Waals surface area (Å²) in [7, 11) is 0. The molecule has 1 aromatic heterocycles. The Morgan fingerprint density at radius 1 is 1.69 bits per heavy atom. The Morgan fingerprint density at radius 3 is 3.19 bits per heavy atom. The summed E-state index contributed by atoms with van der Waals surface area (Å²) >= 11 is 1.50. The van der Waals surface area contributed by atoms with E-state index < -0.39 is 0 Å². The highest BCUT2D eigenvalue weighted by Gasteiger charge is 2.21. The highest BCUT2D eigenvalue weighted by molar-refractivity contribution is 7.12. The number of likely N-dealkylation sites (tertiary alicyclic amines) is 1. The predicted molar refractivity (Wildman–Crippen MR) is 66.9 cm³/mol. The summed E-state index contributed by atoms with van der Waals surface area (Å²) in [6, 6.07) is 3.78. The molecule has 16 heavy (non-hydrogen) atoms. The minimum atomic E-state index is 0.0740. The van der Waals surface area contributed by atoms with Gasteiger partial charge >= 0.3 is 0 Å². The number of amides is 1. The first-order valence-electron chi connectivity index (χ1n) is 5.83. The van der Waals surface area contributed by atoms with Gasteiger partial charge in [-0.2, -0.15) is 0 Å². The van der Waals surface area contributed by atoms with Crippen molar-refractivity contribution in [1.29, 1.82) is 0 Å². The van der Waals surface area contributed by atoms with Gasteiger partial charge in [-0.1, -0.05) is 13.0 Å². The standard InChI is InChI=1S/C12H18N2OS/c1-2-14-6-5-10(9-14)8-13-12(15)11-4-3-7-16-11/h3-4,7,10H,2,5-6,8-9H2,1H3,(H,13,15). The molecule has 2 rings (SSSR count). The maximum Gasteiger partial charge on any atom is 0.261 e. The highest BCUT2D eigenvalue weighted by Crippen LogP contribution is 2.15. The lowest BCUT2D eigenvalue weighted by molar-refractivity contribution is 0.0951. The van der Waals surface area contributed by atoms with Crippen LogP contribution in [0.5, 0.6) is 0 Å². The number of nitrogens with one attached hydrogen (secondary N) is 1. The minimum absolute atomic E-state index is 0.0740. The van der Waals surface area contributed by atoms with Gasteiger partial charge in [-0.05, 0) is 36.9 Å². The zero-order valence-corrected chi connectivity index (χ0v) is 10.4. The summed E-state index contributed by atoms with van der Waals surface area (Å²) in [6.45, 7) is 6.42. The molecule has 1 saturated heterocycles. The van der Waals surface area contributed by atoms with Gasteiger partial charge in [-0.3, -0.25) is 4.79 Å². The second-order valence-corrected chi connectivity index (χ2v) is 5.18. The molecule has 1 fully saturated rings. The summed E-state index contributed by atoms with van der Waals surface area (Å²) in [4.78, 5) is 14.9. The third-order valence-electron chi connectivity index (χ3n) is 3.11. The fraction of sp³-hybridized carbons (Fsp3) is 0.583. The topological polar surface area (TPSA) is 32.3 Å². The lowest BCUT2D eigenvalue weighted by Crippen LogP contribution is -2.30. The van der Waals surface area contributed by atoms with Crippen molar-refractivity contribution in [3.63, 3.8) is 0 Å². The second-order valence-electron chi connectivity index (χ2n) is 4.24. The number of nitrogens with zero attached hydrogens (tertiary/aromatic N) is 1. The average molecular weight is 238 g/mol. The smallest absolute Gasteiger partial charge is 0.261 e. The number of carbonyl (C=O) groups is 1. The quantitative estimate of drug-likeness (QED) is 0.868. The molecule has 1 aromatic rings. The van der Waals surface area contributed by atoms with Crippen molar-refractivity contribution in [2.75, 3.05) is 26.2 Å². The van der Waals surface area contributed by atoms with Crippen molar-refractivity contribution in [3.05, 3.63) is 22.4 Å². The maximum absolute atomic E-state index is 11.7. The largest absolute Gasteiger partial charge is 0.351 e. The van der Waals surface area contributed by atoms with Crippen molar-refractivity contribution in [3.8, 4) is 0 Å². The van der Waals surface area contributed by atoms with Crippen molar-refractivity contribution in [2.24, 2.45) is 5.92 Å². The van der Waals surface area contributed by atoms with Crippen LogP contribution in [-0.2, 0) is 0 Å². The van der Waals surface area contributed by atoms with E-state index in [2.05, 4.69) is 17.1 Å². The van der Waals surface area contributed by atoms with Crippen LogP contribution in [0.15, 0.2) is 17.5 Å². The fourth-order valence-electron chi connectivity index (χ4n) is 2.10. The molecule has 0 aliphatic carbocycles. The Kier molecular flexibility index (Phi) is 3.96. The van der Waals surface area contributed by atoms with Crippen molar-refractivity contribution >= 4 is 17.2 Å². The minimum Gasteiger partial charge on any atom is -0.351 e. The molecule has 4 heteroatoms. The zero-order chi connectivity index (χ0) is 11.4. The van der Waals surface area contributed by atoms with Crippen LogP contribution in [0.3, 0.4) is 0 Å². The Labute approximate surface area is 100 Å². The van der Waals surface area contributed by atoms with E-state index in [1.165, 1.54) is 24.3 Å². The molecular formula is C12H18N2OS. The molecular weight excluding hydrogens is 220 g/mol. The first kappa shape index (κ1) is 11.6. The summed E-state index contributed by atoms with van der Waals surface area (Å²) in [6.07, 6.45) is 1.21. The highest BCUT2D eigenvalue weighted by atomic mass is 32.1. The first-order chi connectivity index (χ1) is 7.79. The SMILES string of the molecule is CCN1CCC(CNC(=O)c2cccs2)C1. The second kappa shape index (κ2) is 5.46. The van der Waals surface area contributed by atoms with Gasteiger partial charge in [0.2, 0.25) is 0 Å². The normalized spacial score (nSPS) is 21.2. The first-order valence-corrected chi connectivity index (χ1v) is 6.71. The zero-order valence-electron chi connectivity index (χ0n) is 9.61. The summed E-state index contributed by atoms with van der Waals surface area (Å²) in [5.41, 5.74) is 0. The monoisotopic (exact) mass is 238 g/mol. The molecule has 1 N–H and O–H groups in total. The number of carbonyl (C=O) groups excluding carboxylic acids is 1. The lowest BCUT2D eigenvalue weighted by Gasteiger charge is -2.13. The molecule has 0 bridgehead atoms. The van der Waals surface area contributed by atoms with E-state index in [1.807, 2.05) is 17.5 Å². The van der Waals surface area contributed by atoms with Gasteiger partial charge in [0.05, 0.1) is 4.88 Å². The van der Waals surface area contributed by atoms with E-state index in [4.69, 9.17) is 0 Å². The molecule has 1 atom stereocenters. The molecule has 0 saturated carbocycles. The van der Waals surface area contributed by atoms with Gasteiger partial charge in [0.25, 0.3) is 5.91 Å². The van der Waals surface area contributed by atoms with E-state index in [1.54, 1.807) is 0 Å². The molecule has 1 aliphatic rings. The van der Waals surface area contributed by atoms with E-state index in [0.717, 1.165) is 24.5 Å². The Bertz CT molecular complexity index is 337. The van der Waals surface area contributed by atoms with Crippen LogP contribution in [0.2, 0.25) is 0 Å². The third kappa shape index (κ3) is 2.83. The van der Waals surface area contributed by atoms with E-state index >= 15 is 0 Å². The number of hydrogen-bond donors (Lipinski definition) is 1. The van der Waals surface area contributed by atoms with Gasteiger partial charge in [0.1, 0.15) is 0 Å². The molecule has 1 amide bonds. The molecule has 1 unspecified atom stereocenters. The van der Waals surface area contributed by atoms with Crippen molar-refractivity contribution in [2.45, 2.75) is 13.3 Å². The van der Waals surface area contributed by atoms with Gasteiger partial charge < -0.3 is 10.2 Å². The fourth-order valence-corrected chi connectivity index (χ4v) is 2.74. The van der Waals surface area contributed by atoms with E-state index in [9.17, 15) is 4.79 Å². The molecule has 0 spiro atoms. The maximum atomic E-state index is 11.7. The number of hydrogen-bond acceptors (Lipinski definition) is 3. The van der Waals surface area contributed by atoms with E-state index in [0.29, 0.717) is 5.92 Å². The Balaban J connectivity index is 1.74. The molecule has 1 aliphatic heterocycles. The van der Waals surface area contributed by atoms with Crippen LogP contribution in [0, 0.1) is 5.92 Å². The third-order valence-corrected chi connectivity index (χ3v) is 3.98. The van der Waals surface area contributed by atoms with Crippen LogP contribution >= 0.6 is 11.3 Å². The lowest BCUT2D eigenvalue weighted by atomic mass is 10.1. The van der Waals surface area contributed by atoms with Crippen LogP contribution < -0.4 is 5.32 Å². The van der Waals surface area contributed by atoms with Crippen molar-refractivity contribution < 1.29 is 4.79 Å². The van der Waals surface area contributed by atoms with E-state index in [-0.39, 0.29) is 5.91 Å². The van der Waals surface area contributed by atoms with Crippen LogP contribution in [-0.4, -0.2) is 37.0 Å². The summed E-state index contributed by atoms with van der Waals surface area (Å²) in [5.74, 6) is 0.703.